The summed E-state index contributed by atoms with van der Waals surface area (Å²) in [6, 6.07) is 14.9. The highest BCUT2D eigenvalue weighted by Crippen LogP contribution is 2.39. The number of rotatable bonds is 4. The molecule has 6 nitrogen and oxygen atoms in total. The van der Waals surface area contributed by atoms with Crippen LogP contribution in [-0.2, 0) is 4.79 Å². The van der Waals surface area contributed by atoms with E-state index in [2.05, 4.69) is 0 Å². The van der Waals surface area contributed by atoms with E-state index in [4.69, 9.17) is 39.8 Å². The van der Waals surface area contributed by atoms with Crippen LogP contribution in [0.3, 0.4) is 0 Å². The number of nitro groups is 1. The zero-order valence-corrected chi connectivity index (χ0v) is 18.0. The maximum atomic E-state index is 12.8. The molecule has 1 aliphatic rings. The Bertz CT molecular complexity index is 1220. The SMILES string of the molecule is O=C1/C(=C\c2ccc(-c3cc([N+](=O)[O-])c(Cl)cc3Cl)o2)SC(=S)N1c1ccccc1. The van der Waals surface area contributed by atoms with Gasteiger partial charge in [-0.2, -0.15) is 0 Å². The highest BCUT2D eigenvalue weighted by molar-refractivity contribution is 8.27. The molecule has 0 saturated carbocycles. The molecule has 1 saturated heterocycles. The normalized spacial score (nSPS) is 15.3. The van der Waals surface area contributed by atoms with E-state index in [-0.39, 0.29) is 21.6 Å². The Balaban J connectivity index is 1.65. The molecule has 0 atom stereocenters. The van der Waals surface area contributed by atoms with E-state index < -0.39 is 4.92 Å². The first-order chi connectivity index (χ1) is 14.3. The number of hydrogen-bond acceptors (Lipinski definition) is 6. The number of hydrogen-bond donors (Lipinski definition) is 0. The fourth-order valence-electron chi connectivity index (χ4n) is 2.84. The van der Waals surface area contributed by atoms with Crippen molar-refractivity contribution in [3.8, 4) is 11.3 Å². The lowest BCUT2D eigenvalue weighted by molar-refractivity contribution is -0.384. The summed E-state index contributed by atoms with van der Waals surface area (Å²) < 4.78 is 6.17. The topological polar surface area (TPSA) is 76.6 Å². The van der Waals surface area contributed by atoms with E-state index in [1.54, 1.807) is 30.3 Å². The summed E-state index contributed by atoms with van der Waals surface area (Å²) >= 11 is 18.6. The van der Waals surface area contributed by atoms with Crippen LogP contribution in [0, 0.1) is 10.1 Å². The summed E-state index contributed by atoms with van der Waals surface area (Å²) in [6.07, 6.45) is 1.57. The molecule has 1 amide bonds. The highest BCUT2D eigenvalue weighted by Gasteiger charge is 2.33. The molecular formula is C20H10Cl2N2O4S2. The van der Waals surface area contributed by atoms with Crippen LogP contribution in [0.1, 0.15) is 5.76 Å². The number of nitrogens with zero attached hydrogens (tertiary/aromatic N) is 2. The van der Waals surface area contributed by atoms with Gasteiger partial charge in [0.25, 0.3) is 11.6 Å². The largest absolute Gasteiger partial charge is 0.457 e. The summed E-state index contributed by atoms with van der Waals surface area (Å²) in [6.45, 7) is 0. The number of thiocarbonyl (C=S) groups is 1. The second-order valence-corrected chi connectivity index (χ2v) is 8.59. The molecule has 0 bridgehead atoms. The van der Waals surface area contributed by atoms with Crippen LogP contribution < -0.4 is 4.90 Å². The average Bonchev–Trinajstić information content (AvgIpc) is 3.27. The molecule has 0 unspecified atom stereocenters. The van der Waals surface area contributed by atoms with Crippen LogP contribution in [0.4, 0.5) is 11.4 Å². The van der Waals surface area contributed by atoms with Crippen molar-refractivity contribution in [2.24, 2.45) is 0 Å². The number of amides is 1. The van der Waals surface area contributed by atoms with Gasteiger partial charge in [0.2, 0.25) is 0 Å². The molecule has 30 heavy (non-hydrogen) atoms. The summed E-state index contributed by atoms with van der Waals surface area (Å²) in [4.78, 5) is 25.2. The van der Waals surface area contributed by atoms with Gasteiger partial charge in [0.05, 0.1) is 20.5 Å². The van der Waals surface area contributed by atoms with Crippen LogP contribution in [-0.4, -0.2) is 15.2 Å². The molecule has 2 aromatic carbocycles. The number of para-hydroxylation sites is 1. The molecule has 10 heteroatoms. The first-order valence-electron chi connectivity index (χ1n) is 8.42. The Kier molecular flexibility index (Phi) is 5.66. The lowest BCUT2D eigenvalue weighted by Gasteiger charge is -2.13. The Morgan fingerprint density at radius 1 is 1.10 bits per heavy atom. The highest BCUT2D eigenvalue weighted by atomic mass is 35.5. The van der Waals surface area contributed by atoms with Crippen molar-refractivity contribution in [3.63, 3.8) is 0 Å². The number of furan rings is 1. The zero-order valence-electron chi connectivity index (χ0n) is 14.9. The van der Waals surface area contributed by atoms with Crippen LogP contribution in [0.15, 0.2) is 63.9 Å². The molecule has 0 aliphatic carbocycles. The van der Waals surface area contributed by atoms with Gasteiger partial charge in [0.1, 0.15) is 16.5 Å². The molecule has 0 radical (unpaired) electrons. The first kappa shape index (κ1) is 20.6. The number of benzene rings is 2. The predicted molar refractivity (Wildman–Crippen MR) is 123 cm³/mol. The second-order valence-electron chi connectivity index (χ2n) is 6.10. The third-order valence-corrected chi connectivity index (χ3v) is 6.12. The molecule has 4 rings (SSSR count). The lowest BCUT2D eigenvalue weighted by Crippen LogP contribution is -2.27. The van der Waals surface area contributed by atoms with E-state index in [9.17, 15) is 14.9 Å². The van der Waals surface area contributed by atoms with E-state index in [0.29, 0.717) is 32.0 Å². The average molecular weight is 477 g/mol. The second kappa shape index (κ2) is 8.23. The van der Waals surface area contributed by atoms with Crippen LogP contribution >= 0.6 is 47.2 Å². The number of halogens is 2. The Morgan fingerprint density at radius 2 is 1.83 bits per heavy atom. The number of thioether (sulfide) groups is 1. The zero-order chi connectivity index (χ0) is 21.4. The fourth-order valence-corrected chi connectivity index (χ4v) is 4.66. The van der Waals surface area contributed by atoms with Crippen molar-refractivity contribution in [2.45, 2.75) is 0 Å². The third kappa shape index (κ3) is 3.87. The summed E-state index contributed by atoms with van der Waals surface area (Å²) in [5.41, 5.74) is 0.728. The molecule has 3 aromatic rings. The molecular weight excluding hydrogens is 467 g/mol. The number of nitro benzene ring substituents is 1. The number of carbonyl (C=O) groups excluding carboxylic acids is 1. The van der Waals surface area contributed by atoms with Crippen molar-refractivity contribution in [1.82, 2.24) is 0 Å². The Hall–Kier alpha value is -2.65. The van der Waals surface area contributed by atoms with Gasteiger partial charge in [0, 0.05) is 17.7 Å². The third-order valence-electron chi connectivity index (χ3n) is 4.21. The van der Waals surface area contributed by atoms with Gasteiger partial charge in [-0.3, -0.25) is 19.8 Å². The molecule has 2 heterocycles. The smallest absolute Gasteiger partial charge is 0.288 e. The Labute approximate surface area is 190 Å². The van der Waals surface area contributed by atoms with Crippen molar-refractivity contribution in [3.05, 3.63) is 85.4 Å². The van der Waals surface area contributed by atoms with Gasteiger partial charge in [-0.15, -0.1) is 0 Å². The maximum absolute atomic E-state index is 12.8. The van der Waals surface area contributed by atoms with Crippen molar-refractivity contribution in [2.75, 3.05) is 4.90 Å². The minimum Gasteiger partial charge on any atom is -0.457 e. The van der Waals surface area contributed by atoms with E-state index in [1.165, 1.54) is 17.0 Å². The standard InChI is InChI=1S/C20H10Cl2N2O4S2/c21-14-10-15(22)16(24(26)27)9-13(14)17-7-6-12(28-17)8-18-19(25)23(20(29)30-18)11-4-2-1-3-5-11/h1-10H/b18-8+. The molecule has 0 N–H and O–H groups in total. The summed E-state index contributed by atoms with van der Waals surface area (Å²) in [5.74, 6) is 0.436. The van der Waals surface area contributed by atoms with E-state index in [1.807, 2.05) is 18.2 Å². The molecule has 1 aromatic heterocycles. The minimum atomic E-state index is -0.596. The minimum absolute atomic E-state index is 0.0647. The predicted octanol–water partition coefficient (Wildman–Crippen LogP) is 6.57. The monoisotopic (exact) mass is 476 g/mol. The quantitative estimate of drug-likeness (QED) is 0.183. The van der Waals surface area contributed by atoms with Crippen molar-refractivity contribution in [1.29, 1.82) is 0 Å². The fraction of sp³-hybridized carbons (Fsp3) is 0. The Morgan fingerprint density at radius 3 is 2.53 bits per heavy atom. The number of anilines is 1. The van der Waals surface area contributed by atoms with Gasteiger partial charge >= 0.3 is 0 Å². The van der Waals surface area contributed by atoms with Gasteiger partial charge < -0.3 is 4.42 Å². The molecule has 1 aliphatic heterocycles. The summed E-state index contributed by atoms with van der Waals surface area (Å²) in [5, 5.41) is 11.3. The number of carbonyl (C=O) groups is 1. The first-order valence-corrected chi connectivity index (χ1v) is 10.4. The van der Waals surface area contributed by atoms with Crippen LogP contribution in [0.25, 0.3) is 17.4 Å². The van der Waals surface area contributed by atoms with Gasteiger partial charge in [-0.05, 0) is 30.3 Å². The van der Waals surface area contributed by atoms with Gasteiger partial charge in [0.15, 0.2) is 4.32 Å². The molecule has 1 fully saturated rings. The molecule has 150 valence electrons. The maximum Gasteiger partial charge on any atom is 0.288 e. The van der Waals surface area contributed by atoms with Crippen LogP contribution in [0.2, 0.25) is 10.0 Å². The summed E-state index contributed by atoms with van der Waals surface area (Å²) in [7, 11) is 0. The van der Waals surface area contributed by atoms with E-state index in [0.717, 1.165) is 11.8 Å². The van der Waals surface area contributed by atoms with Crippen molar-refractivity contribution >= 4 is 74.9 Å². The van der Waals surface area contributed by atoms with Gasteiger partial charge in [-0.1, -0.05) is 65.4 Å². The van der Waals surface area contributed by atoms with E-state index >= 15 is 0 Å². The van der Waals surface area contributed by atoms with Crippen molar-refractivity contribution < 1.29 is 14.1 Å². The van der Waals surface area contributed by atoms with Gasteiger partial charge in [-0.25, -0.2) is 0 Å². The van der Waals surface area contributed by atoms with Crippen LogP contribution in [0.5, 0.6) is 0 Å². The lowest BCUT2D eigenvalue weighted by atomic mass is 10.1. The molecule has 0 spiro atoms.